The highest BCUT2D eigenvalue weighted by molar-refractivity contribution is 5.96. The number of carboxylic acid groups (broad SMARTS) is 1. The van der Waals surface area contributed by atoms with Gasteiger partial charge in [-0.05, 0) is 31.0 Å². The van der Waals surface area contributed by atoms with Crippen molar-refractivity contribution >= 4 is 11.9 Å². The van der Waals surface area contributed by atoms with Crippen molar-refractivity contribution in [3.8, 4) is 0 Å². The molecule has 0 radical (unpaired) electrons. The van der Waals surface area contributed by atoms with E-state index < -0.39 is 23.6 Å². The van der Waals surface area contributed by atoms with Gasteiger partial charge in [-0.25, -0.2) is 4.39 Å². The molecule has 1 aromatic rings. The highest BCUT2D eigenvalue weighted by atomic mass is 19.1. The van der Waals surface area contributed by atoms with Crippen LogP contribution in [0.15, 0.2) is 30.4 Å². The molecule has 1 aliphatic rings. The Bertz CT molecular complexity index is 554. The average molecular weight is 263 g/mol. The lowest BCUT2D eigenvalue weighted by Gasteiger charge is -2.13. The fraction of sp³-hybridized carbons (Fsp3) is 0.286. The summed E-state index contributed by atoms with van der Waals surface area (Å²) in [7, 11) is 0. The third-order valence-electron chi connectivity index (χ3n) is 3.16. The molecule has 0 aliphatic heterocycles. The topological polar surface area (TPSA) is 66.4 Å². The van der Waals surface area contributed by atoms with Crippen LogP contribution in [0.2, 0.25) is 0 Å². The van der Waals surface area contributed by atoms with Crippen molar-refractivity contribution in [2.45, 2.75) is 19.4 Å². The van der Waals surface area contributed by atoms with Crippen LogP contribution in [-0.4, -0.2) is 23.0 Å². The second-order valence-corrected chi connectivity index (χ2v) is 4.60. The zero-order chi connectivity index (χ0) is 14.0. The Morgan fingerprint density at radius 1 is 1.37 bits per heavy atom. The molecular weight excluding hydrogens is 249 g/mol. The fourth-order valence-electron chi connectivity index (χ4n) is 2.07. The number of rotatable bonds is 3. The Morgan fingerprint density at radius 2 is 2.11 bits per heavy atom. The van der Waals surface area contributed by atoms with Crippen LogP contribution in [0.4, 0.5) is 4.39 Å². The van der Waals surface area contributed by atoms with Crippen molar-refractivity contribution in [2.75, 3.05) is 0 Å². The van der Waals surface area contributed by atoms with E-state index in [1.807, 2.05) is 0 Å². The summed E-state index contributed by atoms with van der Waals surface area (Å²) in [5.41, 5.74) is 0.947. The molecule has 2 atom stereocenters. The van der Waals surface area contributed by atoms with Crippen LogP contribution < -0.4 is 5.32 Å². The molecule has 0 heterocycles. The number of benzene rings is 1. The highest BCUT2D eigenvalue weighted by Gasteiger charge is 2.25. The van der Waals surface area contributed by atoms with Crippen LogP contribution >= 0.6 is 0 Å². The maximum atomic E-state index is 13.1. The molecule has 0 spiro atoms. The molecular formula is C14H14FNO3. The van der Waals surface area contributed by atoms with Gasteiger partial charge in [0.1, 0.15) is 5.82 Å². The SMILES string of the molecule is Cc1ccc(F)cc1C(=O)NC1C=CC(C(=O)O)C1. The summed E-state index contributed by atoms with van der Waals surface area (Å²) in [5, 5.41) is 11.5. The number of hydrogen-bond acceptors (Lipinski definition) is 2. The molecule has 0 fully saturated rings. The second kappa shape index (κ2) is 5.22. The maximum absolute atomic E-state index is 13.1. The number of hydrogen-bond donors (Lipinski definition) is 2. The van der Waals surface area contributed by atoms with Crippen LogP contribution in [0.3, 0.4) is 0 Å². The van der Waals surface area contributed by atoms with Gasteiger partial charge in [-0.15, -0.1) is 0 Å². The molecule has 1 aromatic carbocycles. The molecule has 1 aliphatic carbocycles. The quantitative estimate of drug-likeness (QED) is 0.818. The molecule has 5 heteroatoms. The summed E-state index contributed by atoms with van der Waals surface area (Å²) in [6, 6.07) is 3.69. The van der Waals surface area contributed by atoms with Crippen LogP contribution in [0.1, 0.15) is 22.3 Å². The third kappa shape index (κ3) is 2.99. The van der Waals surface area contributed by atoms with Crippen molar-refractivity contribution in [1.82, 2.24) is 5.32 Å². The van der Waals surface area contributed by atoms with E-state index in [0.717, 1.165) is 0 Å². The molecule has 0 saturated heterocycles. The predicted octanol–water partition coefficient (Wildman–Crippen LogP) is 1.89. The first-order valence-electron chi connectivity index (χ1n) is 5.95. The lowest BCUT2D eigenvalue weighted by Crippen LogP contribution is -2.33. The van der Waals surface area contributed by atoms with E-state index in [4.69, 9.17) is 5.11 Å². The van der Waals surface area contributed by atoms with E-state index >= 15 is 0 Å². The Balaban J connectivity index is 2.05. The van der Waals surface area contributed by atoms with Gasteiger partial charge in [0.2, 0.25) is 0 Å². The number of carboxylic acids is 1. The number of carbonyl (C=O) groups excluding carboxylic acids is 1. The van der Waals surface area contributed by atoms with Crippen LogP contribution in [0.5, 0.6) is 0 Å². The van der Waals surface area contributed by atoms with Gasteiger partial charge in [-0.3, -0.25) is 9.59 Å². The largest absolute Gasteiger partial charge is 0.481 e. The molecule has 2 unspecified atom stereocenters. The van der Waals surface area contributed by atoms with Gasteiger partial charge in [-0.1, -0.05) is 18.2 Å². The Kier molecular flexibility index (Phi) is 3.64. The Morgan fingerprint density at radius 3 is 2.74 bits per heavy atom. The molecule has 2 N–H and O–H groups in total. The van der Waals surface area contributed by atoms with E-state index in [2.05, 4.69) is 5.32 Å². The first-order chi connectivity index (χ1) is 8.97. The van der Waals surface area contributed by atoms with Crippen molar-refractivity contribution in [3.05, 3.63) is 47.3 Å². The van der Waals surface area contributed by atoms with Crippen LogP contribution in [0.25, 0.3) is 0 Å². The van der Waals surface area contributed by atoms with E-state index in [9.17, 15) is 14.0 Å². The van der Waals surface area contributed by atoms with E-state index in [1.165, 1.54) is 18.2 Å². The van der Waals surface area contributed by atoms with Gasteiger partial charge in [-0.2, -0.15) is 0 Å². The van der Waals surface area contributed by atoms with Crippen molar-refractivity contribution in [2.24, 2.45) is 5.92 Å². The van der Waals surface area contributed by atoms with Crippen molar-refractivity contribution in [1.29, 1.82) is 0 Å². The predicted molar refractivity (Wildman–Crippen MR) is 67.3 cm³/mol. The second-order valence-electron chi connectivity index (χ2n) is 4.60. The standard InChI is InChI=1S/C14H14FNO3/c1-8-2-4-10(15)7-12(8)13(17)16-11-5-3-9(6-11)14(18)19/h2-5,7,9,11H,6H2,1H3,(H,16,17)(H,18,19). The minimum atomic E-state index is -0.907. The van der Waals surface area contributed by atoms with Gasteiger partial charge in [0.25, 0.3) is 5.91 Å². The summed E-state index contributed by atoms with van der Waals surface area (Å²) in [5.74, 6) is -2.34. The smallest absolute Gasteiger partial charge is 0.310 e. The van der Waals surface area contributed by atoms with E-state index in [-0.39, 0.29) is 11.6 Å². The van der Waals surface area contributed by atoms with Gasteiger partial charge in [0, 0.05) is 11.6 Å². The average Bonchev–Trinajstić information content (AvgIpc) is 2.80. The number of aliphatic carboxylic acids is 1. The van der Waals surface area contributed by atoms with Crippen LogP contribution in [-0.2, 0) is 4.79 Å². The van der Waals surface area contributed by atoms with Gasteiger partial charge in [0.15, 0.2) is 0 Å². The molecule has 0 bridgehead atoms. The lowest BCUT2D eigenvalue weighted by atomic mass is 10.1. The van der Waals surface area contributed by atoms with Crippen molar-refractivity contribution in [3.63, 3.8) is 0 Å². The van der Waals surface area contributed by atoms with E-state index in [1.54, 1.807) is 19.1 Å². The molecule has 4 nitrogen and oxygen atoms in total. The summed E-state index contributed by atoms with van der Waals surface area (Å²) in [4.78, 5) is 22.8. The zero-order valence-corrected chi connectivity index (χ0v) is 10.4. The summed E-state index contributed by atoms with van der Waals surface area (Å²) in [6.45, 7) is 1.72. The summed E-state index contributed by atoms with van der Waals surface area (Å²) >= 11 is 0. The van der Waals surface area contributed by atoms with Crippen LogP contribution in [0, 0.1) is 18.7 Å². The van der Waals surface area contributed by atoms with Gasteiger partial charge >= 0.3 is 5.97 Å². The number of aryl methyl sites for hydroxylation is 1. The lowest BCUT2D eigenvalue weighted by molar-refractivity contribution is -0.140. The molecule has 0 saturated carbocycles. The fourth-order valence-corrected chi connectivity index (χ4v) is 2.07. The zero-order valence-electron chi connectivity index (χ0n) is 10.4. The van der Waals surface area contributed by atoms with E-state index in [0.29, 0.717) is 12.0 Å². The Labute approximate surface area is 109 Å². The molecule has 0 aromatic heterocycles. The number of amides is 1. The maximum Gasteiger partial charge on any atom is 0.310 e. The molecule has 19 heavy (non-hydrogen) atoms. The highest BCUT2D eigenvalue weighted by Crippen LogP contribution is 2.19. The number of nitrogens with one attached hydrogen (secondary N) is 1. The van der Waals surface area contributed by atoms with Crippen molar-refractivity contribution < 1.29 is 19.1 Å². The molecule has 1 amide bonds. The minimum absolute atomic E-state index is 0.271. The Hall–Kier alpha value is -2.17. The van der Waals surface area contributed by atoms with Gasteiger partial charge < -0.3 is 10.4 Å². The summed E-state index contributed by atoms with van der Waals surface area (Å²) < 4.78 is 13.1. The normalized spacial score (nSPS) is 21.4. The third-order valence-corrected chi connectivity index (χ3v) is 3.16. The first kappa shape index (κ1) is 13.3. The summed E-state index contributed by atoms with van der Waals surface area (Å²) in [6.07, 6.45) is 3.55. The molecule has 100 valence electrons. The minimum Gasteiger partial charge on any atom is -0.481 e. The van der Waals surface area contributed by atoms with Gasteiger partial charge in [0.05, 0.1) is 5.92 Å². The molecule has 2 rings (SSSR count). The number of halogens is 1. The number of carbonyl (C=O) groups is 2. The first-order valence-corrected chi connectivity index (χ1v) is 5.95. The monoisotopic (exact) mass is 263 g/mol.